The lowest BCUT2D eigenvalue weighted by Gasteiger charge is -2.40. The minimum Gasteiger partial charge on any atom is -0.353 e. The summed E-state index contributed by atoms with van der Waals surface area (Å²) in [6, 6.07) is 12.0. The summed E-state index contributed by atoms with van der Waals surface area (Å²) in [6.45, 7) is 12.4. The average Bonchev–Trinajstić information content (AvgIpc) is 2.90. The molecule has 9 nitrogen and oxygen atoms in total. The molecule has 2 aliphatic heterocycles. The van der Waals surface area contributed by atoms with Crippen LogP contribution in [0.4, 0.5) is 5.82 Å². The molecule has 0 radical (unpaired) electrons. The van der Waals surface area contributed by atoms with Gasteiger partial charge in [-0.1, -0.05) is 26.5 Å². The van der Waals surface area contributed by atoms with Crippen LogP contribution in [-0.4, -0.2) is 79.7 Å². The van der Waals surface area contributed by atoms with E-state index in [0.717, 1.165) is 11.5 Å². The number of sulfonamides is 1. The predicted molar refractivity (Wildman–Crippen MR) is 143 cm³/mol. The molecule has 2 aliphatic rings. The van der Waals surface area contributed by atoms with Crippen molar-refractivity contribution in [2.24, 2.45) is 11.8 Å². The Hall–Kier alpha value is -3.24. The summed E-state index contributed by atoms with van der Waals surface area (Å²) in [6.07, 6.45) is 1.23. The highest BCUT2D eigenvalue weighted by molar-refractivity contribution is 7.89. The van der Waals surface area contributed by atoms with Gasteiger partial charge in [-0.05, 0) is 61.2 Å². The molecule has 2 saturated heterocycles. The third-order valence-electron chi connectivity index (χ3n) is 7.21. The lowest BCUT2D eigenvalue weighted by atomic mass is 9.87. The van der Waals surface area contributed by atoms with E-state index in [4.69, 9.17) is 0 Å². The highest BCUT2D eigenvalue weighted by Gasteiger charge is 2.38. The molecule has 1 aromatic heterocycles. The van der Waals surface area contributed by atoms with Crippen molar-refractivity contribution in [1.82, 2.24) is 19.5 Å². The average molecular weight is 526 g/mol. The number of anilines is 1. The van der Waals surface area contributed by atoms with Gasteiger partial charge in [-0.3, -0.25) is 9.59 Å². The summed E-state index contributed by atoms with van der Waals surface area (Å²) in [5, 5.41) is 2.92. The number of carbonyl (C=O) groups excluding carboxylic acids is 2. The molecule has 1 aromatic carbocycles. The van der Waals surface area contributed by atoms with Crippen molar-refractivity contribution in [1.29, 1.82) is 0 Å². The van der Waals surface area contributed by atoms with Gasteiger partial charge in [0, 0.05) is 56.6 Å². The Balaban J connectivity index is 1.39. The Morgan fingerprint density at radius 1 is 1.00 bits per heavy atom. The van der Waals surface area contributed by atoms with Crippen LogP contribution >= 0.6 is 0 Å². The zero-order chi connectivity index (χ0) is 26.7. The van der Waals surface area contributed by atoms with Crippen molar-refractivity contribution in [3.63, 3.8) is 0 Å². The van der Waals surface area contributed by atoms with Gasteiger partial charge in [-0.25, -0.2) is 13.4 Å². The number of hydrogen-bond donors (Lipinski definition) is 1. The molecule has 0 bridgehead atoms. The smallest absolute Gasteiger partial charge is 0.253 e. The number of carbonyl (C=O) groups is 2. The number of piperazine rings is 1. The molecular formula is C27H35N5O4S. The summed E-state index contributed by atoms with van der Waals surface area (Å²) in [5.74, 6) is 0.432. The van der Waals surface area contributed by atoms with E-state index in [1.807, 2.05) is 39.0 Å². The first kappa shape index (κ1) is 26.8. The van der Waals surface area contributed by atoms with Crippen LogP contribution in [0.1, 0.15) is 29.9 Å². The summed E-state index contributed by atoms with van der Waals surface area (Å²) in [4.78, 5) is 33.5. The summed E-state index contributed by atoms with van der Waals surface area (Å²) < 4.78 is 28.2. The molecule has 3 heterocycles. The number of hydrogen-bond acceptors (Lipinski definition) is 6. The second-order valence-electron chi connectivity index (χ2n) is 9.96. The maximum absolute atomic E-state index is 13.4. The molecule has 0 spiro atoms. The second-order valence-corrected chi connectivity index (χ2v) is 11.9. The number of piperidine rings is 1. The van der Waals surface area contributed by atoms with E-state index in [1.165, 1.54) is 22.5 Å². The number of pyridine rings is 1. The largest absolute Gasteiger partial charge is 0.353 e. The van der Waals surface area contributed by atoms with Crippen LogP contribution in [0.25, 0.3) is 0 Å². The lowest BCUT2D eigenvalue weighted by molar-refractivity contribution is -0.118. The third kappa shape index (κ3) is 5.86. The van der Waals surface area contributed by atoms with E-state index in [2.05, 4.69) is 21.8 Å². The fraction of sp³-hybridized carbons (Fsp3) is 0.444. The molecule has 2 amide bonds. The fourth-order valence-electron chi connectivity index (χ4n) is 5.15. The molecule has 4 rings (SSSR count). The Bertz CT molecular complexity index is 1240. The normalized spacial score (nSPS) is 22.9. The first-order valence-corrected chi connectivity index (χ1v) is 14.0. The number of benzene rings is 1. The Morgan fingerprint density at radius 3 is 2.19 bits per heavy atom. The molecule has 2 unspecified atom stereocenters. The van der Waals surface area contributed by atoms with Crippen LogP contribution in [0.15, 0.2) is 60.0 Å². The van der Waals surface area contributed by atoms with E-state index in [1.54, 1.807) is 17.0 Å². The van der Waals surface area contributed by atoms with Gasteiger partial charge in [0.2, 0.25) is 15.9 Å². The Kier molecular flexibility index (Phi) is 7.99. The first-order valence-electron chi connectivity index (χ1n) is 12.6. The molecule has 2 fully saturated rings. The van der Waals surface area contributed by atoms with Gasteiger partial charge in [-0.2, -0.15) is 4.31 Å². The zero-order valence-corrected chi connectivity index (χ0v) is 22.4. The number of aromatic nitrogens is 1. The molecule has 0 aliphatic carbocycles. The van der Waals surface area contributed by atoms with Crippen molar-refractivity contribution in [2.75, 3.05) is 44.2 Å². The molecule has 0 saturated carbocycles. The quantitative estimate of drug-likeness (QED) is 0.581. The summed E-state index contributed by atoms with van der Waals surface area (Å²) >= 11 is 0. The number of amides is 2. The van der Waals surface area contributed by atoms with E-state index in [-0.39, 0.29) is 34.6 Å². The number of aryl methyl sites for hydroxylation is 1. The van der Waals surface area contributed by atoms with Gasteiger partial charge in [0.15, 0.2) is 0 Å². The van der Waals surface area contributed by atoms with Crippen LogP contribution in [0.3, 0.4) is 0 Å². The minimum absolute atomic E-state index is 0.0584. The van der Waals surface area contributed by atoms with Crippen molar-refractivity contribution in [3.05, 3.63) is 66.4 Å². The van der Waals surface area contributed by atoms with Crippen molar-refractivity contribution in [2.45, 2.75) is 31.7 Å². The number of nitrogens with zero attached hydrogens (tertiary/aromatic N) is 4. The summed E-state index contributed by atoms with van der Waals surface area (Å²) in [5.41, 5.74) is 1.42. The molecule has 198 valence electrons. The SMILES string of the molecule is C=CC(=O)NC1C(C)CN(S(=O)(=O)c2ccc(C(=O)N3CCN(c4cccc(C)n4)CC3)cc2)CC1C. The van der Waals surface area contributed by atoms with E-state index in [9.17, 15) is 18.0 Å². The fourth-order valence-corrected chi connectivity index (χ4v) is 6.79. The van der Waals surface area contributed by atoms with Gasteiger partial charge < -0.3 is 15.1 Å². The molecule has 37 heavy (non-hydrogen) atoms. The van der Waals surface area contributed by atoms with Gasteiger partial charge in [0.1, 0.15) is 5.82 Å². The standard InChI is InChI=1S/C27H35N5O4S/c1-5-25(33)29-26-19(2)17-32(18-20(26)3)37(35,36)23-11-9-22(10-12-23)27(34)31-15-13-30(14-16-31)24-8-6-7-21(4)28-24/h5-12,19-20,26H,1,13-18H2,2-4H3,(H,29,33). The van der Waals surface area contributed by atoms with Gasteiger partial charge in [-0.15, -0.1) is 0 Å². The first-order chi connectivity index (χ1) is 17.6. The maximum atomic E-state index is 13.4. The maximum Gasteiger partial charge on any atom is 0.253 e. The molecule has 2 atom stereocenters. The highest BCUT2D eigenvalue weighted by Crippen LogP contribution is 2.28. The Morgan fingerprint density at radius 2 is 1.62 bits per heavy atom. The van der Waals surface area contributed by atoms with Crippen LogP contribution in [0.2, 0.25) is 0 Å². The number of rotatable bonds is 6. The Labute approximate surface area is 219 Å². The van der Waals surface area contributed by atoms with Crippen LogP contribution < -0.4 is 10.2 Å². The van der Waals surface area contributed by atoms with Crippen LogP contribution in [0, 0.1) is 18.8 Å². The van der Waals surface area contributed by atoms with Crippen molar-refractivity contribution in [3.8, 4) is 0 Å². The zero-order valence-electron chi connectivity index (χ0n) is 21.6. The number of nitrogens with one attached hydrogen (secondary N) is 1. The van der Waals surface area contributed by atoms with Crippen LogP contribution in [-0.2, 0) is 14.8 Å². The third-order valence-corrected chi connectivity index (χ3v) is 9.05. The van der Waals surface area contributed by atoms with E-state index >= 15 is 0 Å². The van der Waals surface area contributed by atoms with Gasteiger partial charge in [0.25, 0.3) is 5.91 Å². The summed E-state index contributed by atoms with van der Waals surface area (Å²) in [7, 11) is -3.73. The molecule has 10 heteroatoms. The predicted octanol–water partition coefficient (Wildman–Crippen LogP) is 2.30. The molecular weight excluding hydrogens is 490 g/mol. The topological polar surface area (TPSA) is 103 Å². The lowest BCUT2D eigenvalue weighted by Crippen LogP contribution is -2.55. The molecule has 2 aromatic rings. The van der Waals surface area contributed by atoms with E-state index < -0.39 is 10.0 Å². The molecule has 1 N–H and O–H groups in total. The highest BCUT2D eigenvalue weighted by atomic mass is 32.2. The second kappa shape index (κ2) is 11.0. The minimum atomic E-state index is -3.73. The van der Waals surface area contributed by atoms with Gasteiger partial charge in [0.05, 0.1) is 4.90 Å². The van der Waals surface area contributed by atoms with Gasteiger partial charge >= 0.3 is 0 Å². The van der Waals surface area contributed by atoms with Crippen molar-refractivity contribution >= 4 is 27.7 Å². The van der Waals surface area contributed by atoms with Crippen LogP contribution in [0.5, 0.6) is 0 Å². The van der Waals surface area contributed by atoms with Crippen molar-refractivity contribution < 1.29 is 18.0 Å². The monoisotopic (exact) mass is 525 g/mol. The van der Waals surface area contributed by atoms with E-state index in [0.29, 0.717) is 44.8 Å².